The monoisotopic (exact) mass is 187 g/mol. The Morgan fingerprint density at radius 2 is 2.31 bits per heavy atom. The number of rotatable bonds is 3. The maximum absolute atomic E-state index is 10.6. The van der Waals surface area contributed by atoms with E-state index in [1.54, 1.807) is 0 Å². The third-order valence-corrected chi connectivity index (χ3v) is 1.74. The summed E-state index contributed by atoms with van der Waals surface area (Å²) in [6, 6.07) is 0.120. The normalized spacial score (nSPS) is 22.7. The van der Waals surface area contributed by atoms with Gasteiger partial charge < -0.3 is 14.8 Å². The molecule has 1 rings (SSSR count). The standard InChI is InChI=1S/C9H17NO3/c1-9(2,3)13-5-4-7-6-12-8(11)10-7/h7H,4-6H2,1-3H3,(H,10,11)/t7-/m1/s1. The molecule has 0 bridgehead atoms. The topological polar surface area (TPSA) is 47.6 Å². The lowest BCUT2D eigenvalue weighted by Gasteiger charge is -2.20. The molecule has 1 amide bonds. The first-order chi connectivity index (χ1) is 5.97. The SMILES string of the molecule is CC(C)(C)OCC[C@@H]1COC(=O)N1. The molecule has 0 aliphatic carbocycles. The predicted octanol–water partition coefficient (Wildman–Crippen LogP) is 1.30. The first-order valence-electron chi connectivity index (χ1n) is 4.54. The van der Waals surface area contributed by atoms with Gasteiger partial charge in [-0.25, -0.2) is 4.79 Å². The average Bonchev–Trinajstić information content (AvgIpc) is 2.33. The van der Waals surface area contributed by atoms with Gasteiger partial charge in [-0.2, -0.15) is 0 Å². The summed E-state index contributed by atoms with van der Waals surface area (Å²) in [5, 5.41) is 2.70. The summed E-state index contributed by atoms with van der Waals surface area (Å²) in [4.78, 5) is 10.6. The highest BCUT2D eigenvalue weighted by Gasteiger charge is 2.22. The zero-order valence-electron chi connectivity index (χ0n) is 8.42. The van der Waals surface area contributed by atoms with Crippen LogP contribution in [0.3, 0.4) is 0 Å². The van der Waals surface area contributed by atoms with Crippen LogP contribution in [0.15, 0.2) is 0 Å². The van der Waals surface area contributed by atoms with Gasteiger partial charge in [0.1, 0.15) is 6.61 Å². The fourth-order valence-electron chi connectivity index (χ4n) is 1.09. The third-order valence-electron chi connectivity index (χ3n) is 1.74. The number of ether oxygens (including phenoxy) is 2. The molecule has 76 valence electrons. The van der Waals surface area contributed by atoms with Crippen LogP contribution in [0.2, 0.25) is 0 Å². The second-order valence-corrected chi connectivity index (χ2v) is 4.19. The predicted molar refractivity (Wildman–Crippen MR) is 48.6 cm³/mol. The van der Waals surface area contributed by atoms with Gasteiger partial charge in [-0.05, 0) is 27.2 Å². The van der Waals surface area contributed by atoms with E-state index in [1.807, 2.05) is 20.8 Å². The first kappa shape index (κ1) is 10.3. The number of nitrogens with one attached hydrogen (secondary N) is 1. The highest BCUT2D eigenvalue weighted by Crippen LogP contribution is 2.09. The Bertz CT molecular complexity index is 186. The van der Waals surface area contributed by atoms with Crippen LogP contribution in [0.5, 0.6) is 0 Å². The molecule has 1 fully saturated rings. The Balaban J connectivity index is 2.10. The van der Waals surface area contributed by atoms with E-state index < -0.39 is 0 Å². The Morgan fingerprint density at radius 3 is 2.77 bits per heavy atom. The van der Waals surface area contributed by atoms with Crippen LogP contribution in [-0.4, -0.2) is 30.9 Å². The zero-order chi connectivity index (χ0) is 9.90. The van der Waals surface area contributed by atoms with Gasteiger partial charge in [-0.3, -0.25) is 0 Å². The van der Waals surface area contributed by atoms with E-state index in [-0.39, 0.29) is 17.7 Å². The third kappa shape index (κ3) is 4.12. The molecule has 0 spiro atoms. The molecule has 1 N–H and O–H groups in total. The summed E-state index contributed by atoms with van der Waals surface area (Å²) in [6.45, 7) is 7.15. The minimum atomic E-state index is -0.319. The van der Waals surface area contributed by atoms with Crippen molar-refractivity contribution in [2.75, 3.05) is 13.2 Å². The van der Waals surface area contributed by atoms with Gasteiger partial charge in [-0.15, -0.1) is 0 Å². The molecule has 1 atom stereocenters. The summed E-state index contributed by atoms with van der Waals surface area (Å²) in [5.74, 6) is 0. The number of carbonyl (C=O) groups is 1. The van der Waals surface area contributed by atoms with E-state index in [0.717, 1.165) is 6.42 Å². The van der Waals surface area contributed by atoms with Crippen molar-refractivity contribution in [3.8, 4) is 0 Å². The minimum Gasteiger partial charge on any atom is -0.447 e. The fourth-order valence-corrected chi connectivity index (χ4v) is 1.09. The summed E-state index contributed by atoms with van der Waals surface area (Å²) in [5.41, 5.74) is -0.108. The van der Waals surface area contributed by atoms with Crippen LogP contribution in [0, 0.1) is 0 Å². The lowest BCUT2D eigenvalue weighted by Crippen LogP contribution is -2.29. The van der Waals surface area contributed by atoms with Crippen LogP contribution < -0.4 is 5.32 Å². The average molecular weight is 187 g/mol. The van der Waals surface area contributed by atoms with Crippen LogP contribution >= 0.6 is 0 Å². The van der Waals surface area contributed by atoms with Crippen molar-refractivity contribution in [3.05, 3.63) is 0 Å². The van der Waals surface area contributed by atoms with Gasteiger partial charge >= 0.3 is 6.09 Å². The van der Waals surface area contributed by atoms with Crippen LogP contribution in [0.1, 0.15) is 27.2 Å². The van der Waals surface area contributed by atoms with Gasteiger partial charge in [0.15, 0.2) is 0 Å². The maximum atomic E-state index is 10.6. The largest absolute Gasteiger partial charge is 0.447 e. The van der Waals surface area contributed by atoms with E-state index in [9.17, 15) is 4.79 Å². The summed E-state index contributed by atoms with van der Waals surface area (Å²) in [6.07, 6.45) is 0.490. The van der Waals surface area contributed by atoms with Crippen molar-refractivity contribution in [3.63, 3.8) is 0 Å². The van der Waals surface area contributed by atoms with Crippen molar-refractivity contribution in [1.29, 1.82) is 0 Å². The van der Waals surface area contributed by atoms with E-state index in [0.29, 0.717) is 13.2 Å². The number of hydrogen-bond donors (Lipinski definition) is 1. The second kappa shape index (κ2) is 3.96. The Morgan fingerprint density at radius 1 is 1.62 bits per heavy atom. The van der Waals surface area contributed by atoms with Crippen molar-refractivity contribution < 1.29 is 14.3 Å². The Kier molecular flexibility index (Phi) is 3.14. The van der Waals surface area contributed by atoms with Crippen LogP contribution in [-0.2, 0) is 9.47 Å². The highest BCUT2D eigenvalue weighted by atomic mass is 16.6. The number of alkyl carbamates (subject to hydrolysis) is 1. The van der Waals surface area contributed by atoms with Crippen molar-refractivity contribution in [1.82, 2.24) is 5.32 Å². The van der Waals surface area contributed by atoms with Gasteiger partial charge in [-0.1, -0.05) is 0 Å². The van der Waals surface area contributed by atoms with Gasteiger partial charge in [0.05, 0.1) is 11.6 Å². The Labute approximate surface area is 78.6 Å². The number of hydrogen-bond acceptors (Lipinski definition) is 3. The lowest BCUT2D eigenvalue weighted by atomic mass is 10.2. The van der Waals surface area contributed by atoms with E-state index >= 15 is 0 Å². The first-order valence-corrected chi connectivity index (χ1v) is 4.54. The molecule has 0 aromatic heterocycles. The quantitative estimate of drug-likeness (QED) is 0.724. The highest BCUT2D eigenvalue weighted by molar-refractivity contribution is 5.69. The van der Waals surface area contributed by atoms with Crippen LogP contribution in [0.4, 0.5) is 4.79 Å². The Hall–Kier alpha value is -0.770. The molecule has 1 aliphatic heterocycles. The molecule has 4 heteroatoms. The molecule has 0 saturated carbocycles. The molecular formula is C9H17NO3. The molecule has 0 aromatic rings. The molecule has 1 aliphatic rings. The van der Waals surface area contributed by atoms with E-state index in [4.69, 9.17) is 9.47 Å². The number of cyclic esters (lactones) is 1. The van der Waals surface area contributed by atoms with Gasteiger partial charge in [0.2, 0.25) is 0 Å². The minimum absolute atomic E-state index is 0.108. The fraction of sp³-hybridized carbons (Fsp3) is 0.889. The maximum Gasteiger partial charge on any atom is 0.407 e. The number of carbonyl (C=O) groups excluding carboxylic acids is 1. The lowest BCUT2D eigenvalue weighted by molar-refractivity contribution is -0.00685. The molecular weight excluding hydrogens is 170 g/mol. The zero-order valence-corrected chi connectivity index (χ0v) is 8.42. The van der Waals surface area contributed by atoms with Crippen LogP contribution in [0.25, 0.3) is 0 Å². The van der Waals surface area contributed by atoms with E-state index in [1.165, 1.54) is 0 Å². The number of amides is 1. The van der Waals surface area contributed by atoms with Crippen molar-refractivity contribution in [2.45, 2.75) is 38.8 Å². The molecule has 13 heavy (non-hydrogen) atoms. The van der Waals surface area contributed by atoms with Gasteiger partial charge in [0.25, 0.3) is 0 Å². The molecule has 0 radical (unpaired) electrons. The molecule has 0 unspecified atom stereocenters. The molecule has 1 saturated heterocycles. The molecule has 1 heterocycles. The van der Waals surface area contributed by atoms with Crippen molar-refractivity contribution >= 4 is 6.09 Å². The summed E-state index contributed by atoms with van der Waals surface area (Å²) >= 11 is 0. The summed E-state index contributed by atoms with van der Waals surface area (Å²) < 4.78 is 10.3. The molecule has 4 nitrogen and oxygen atoms in total. The van der Waals surface area contributed by atoms with Gasteiger partial charge in [0, 0.05) is 6.61 Å². The molecule has 0 aromatic carbocycles. The van der Waals surface area contributed by atoms with Crippen molar-refractivity contribution in [2.24, 2.45) is 0 Å². The smallest absolute Gasteiger partial charge is 0.407 e. The second-order valence-electron chi connectivity index (χ2n) is 4.19. The summed E-state index contributed by atoms with van der Waals surface area (Å²) in [7, 11) is 0. The van der Waals surface area contributed by atoms with E-state index in [2.05, 4.69) is 5.32 Å².